The molecule has 0 heterocycles. The summed E-state index contributed by atoms with van der Waals surface area (Å²) >= 11 is 0. The maximum absolute atomic E-state index is 11.0. The first-order valence-electron chi connectivity index (χ1n) is 7.94. The summed E-state index contributed by atoms with van der Waals surface area (Å²) < 4.78 is 0. The Balaban J connectivity index is 1.99. The molecule has 1 fully saturated rings. The molecule has 0 aromatic heterocycles. The van der Waals surface area contributed by atoms with Crippen LogP contribution < -0.4 is 11.1 Å². The van der Waals surface area contributed by atoms with Crippen LogP contribution in [-0.2, 0) is 11.3 Å². The Labute approximate surface area is 127 Å². The van der Waals surface area contributed by atoms with E-state index in [4.69, 9.17) is 5.73 Å². The summed E-state index contributed by atoms with van der Waals surface area (Å²) in [7, 11) is 0. The molecule has 0 aliphatic heterocycles. The number of nitrogens with zero attached hydrogens (tertiary/aromatic N) is 1. The second kappa shape index (κ2) is 7.57. The third-order valence-electron chi connectivity index (χ3n) is 4.46. The van der Waals surface area contributed by atoms with Gasteiger partial charge in [-0.3, -0.25) is 9.69 Å². The van der Waals surface area contributed by atoms with Gasteiger partial charge in [0.2, 0.25) is 5.91 Å². The number of hydrogen-bond acceptors (Lipinski definition) is 3. The maximum Gasteiger partial charge on any atom is 0.221 e. The van der Waals surface area contributed by atoms with E-state index in [2.05, 4.69) is 29.3 Å². The van der Waals surface area contributed by atoms with E-state index in [1.165, 1.54) is 31.7 Å². The number of carbonyl (C=O) groups excluding carboxylic acids is 1. The fourth-order valence-electron chi connectivity index (χ4n) is 3.37. The topological polar surface area (TPSA) is 58.4 Å². The van der Waals surface area contributed by atoms with Crippen molar-refractivity contribution in [3.8, 4) is 0 Å². The standard InChI is InChI=1S/C17H27N3O/c1-3-20(17-6-4-5-15(17)11-18)12-14-7-9-16(10-8-14)19-13(2)21/h7-10,15,17H,3-6,11-12,18H2,1-2H3,(H,19,21). The van der Waals surface area contributed by atoms with Crippen LogP contribution in [0.15, 0.2) is 24.3 Å². The number of hydrogen-bond donors (Lipinski definition) is 2. The molecular formula is C17H27N3O. The quantitative estimate of drug-likeness (QED) is 0.846. The molecule has 116 valence electrons. The summed E-state index contributed by atoms with van der Waals surface area (Å²) in [5.41, 5.74) is 8.05. The van der Waals surface area contributed by atoms with Crippen molar-refractivity contribution in [3.63, 3.8) is 0 Å². The van der Waals surface area contributed by atoms with Crippen molar-refractivity contribution in [2.24, 2.45) is 11.7 Å². The predicted octanol–water partition coefficient (Wildman–Crippen LogP) is 2.59. The van der Waals surface area contributed by atoms with Gasteiger partial charge in [-0.2, -0.15) is 0 Å². The predicted molar refractivity (Wildman–Crippen MR) is 87.0 cm³/mol. The number of rotatable bonds is 6. The molecule has 0 saturated heterocycles. The first-order chi connectivity index (χ1) is 10.1. The second-order valence-electron chi connectivity index (χ2n) is 5.94. The summed E-state index contributed by atoms with van der Waals surface area (Å²) in [5, 5.41) is 2.80. The molecule has 1 saturated carbocycles. The first kappa shape index (κ1) is 16.0. The molecule has 1 aliphatic carbocycles. The van der Waals surface area contributed by atoms with Gasteiger partial charge < -0.3 is 11.1 Å². The highest BCUT2D eigenvalue weighted by Crippen LogP contribution is 2.30. The Hall–Kier alpha value is -1.39. The van der Waals surface area contributed by atoms with Crippen molar-refractivity contribution in [2.45, 2.75) is 45.7 Å². The van der Waals surface area contributed by atoms with E-state index in [9.17, 15) is 4.79 Å². The average Bonchev–Trinajstić information content (AvgIpc) is 2.94. The summed E-state index contributed by atoms with van der Waals surface area (Å²) in [6.45, 7) is 6.55. The molecule has 21 heavy (non-hydrogen) atoms. The number of anilines is 1. The Kier molecular flexibility index (Phi) is 5.76. The fraction of sp³-hybridized carbons (Fsp3) is 0.588. The highest BCUT2D eigenvalue weighted by atomic mass is 16.1. The summed E-state index contributed by atoms with van der Waals surface area (Å²) in [5.74, 6) is 0.610. The summed E-state index contributed by atoms with van der Waals surface area (Å²) in [4.78, 5) is 13.6. The Bertz CT molecular complexity index is 458. The van der Waals surface area contributed by atoms with Gasteiger partial charge in [0.05, 0.1) is 0 Å². The van der Waals surface area contributed by atoms with Crippen molar-refractivity contribution < 1.29 is 4.79 Å². The lowest BCUT2D eigenvalue weighted by atomic mass is 10.0. The monoisotopic (exact) mass is 289 g/mol. The molecule has 1 aromatic rings. The third kappa shape index (κ3) is 4.29. The van der Waals surface area contributed by atoms with Crippen molar-refractivity contribution in [1.82, 2.24) is 4.90 Å². The fourth-order valence-corrected chi connectivity index (χ4v) is 3.37. The van der Waals surface area contributed by atoms with Crippen LogP contribution in [0.5, 0.6) is 0 Å². The van der Waals surface area contributed by atoms with Crippen LogP contribution in [0.1, 0.15) is 38.7 Å². The van der Waals surface area contributed by atoms with E-state index in [0.717, 1.165) is 25.3 Å². The Morgan fingerprint density at radius 1 is 1.33 bits per heavy atom. The molecule has 3 N–H and O–H groups in total. The van der Waals surface area contributed by atoms with Crippen molar-refractivity contribution in [2.75, 3.05) is 18.4 Å². The van der Waals surface area contributed by atoms with Crippen LogP contribution in [-0.4, -0.2) is 29.9 Å². The SMILES string of the molecule is CCN(Cc1ccc(NC(C)=O)cc1)C1CCCC1CN. The number of nitrogens with two attached hydrogens (primary N) is 1. The average molecular weight is 289 g/mol. The number of carbonyl (C=O) groups is 1. The van der Waals surface area contributed by atoms with Gasteiger partial charge in [0, 0.05) is 25.2 Å². The maximum atomic E-state index is 11.0. The molecule has 2 atom stereocenters. The third-order valence-corrected chi connectivity index (χ3v) is 4.46. The van der Waals surface area contributed by atoms with Gasteiger partial charge in [-0.25, -0.2) is 0 Å². The van der Waals surface area contributed by atoms with Gasteiger partial charge in [0.15, 0.2) is 0 Å². The number of benzene rings is 1. The van der Waals surface area contributed by atoms with Gasteiger partial charge in [0.25, 0.3) is 0 Å². The zero-order valence-electron chi connectivity index (χ0n) is 13.1. The largest absolute Gasteiger partial charge is 0.330 e. The number of nitrogens with one attached hydrogen (secondary N) is 1. The molecule has 1 aromatic carbocycles. The van der Waals surface area contributed by atoms with Gasteiger partial charge in [0.1, 0.15) is 0 Å². The van der Waals surface area contributed by atoms with Gasteiger partial charge >= 0.3 is 0 Å². The minimum Gasteiger partial charge on any atom is -0.330 e. The highest BCUT2D eigenvalue weighted by Gasteiger charge is 2.30. The lowest BCUT2D eigenvalue weighted by Crippen LogP contribution is -2.39. The summed E-state index contributed by atoms with van der Waals surface area (Å²) in [6.07, 6.45) is 3.82. The Morgan fingerprint density at radius 2 is 2.05 bits per heavy atom. The van der Waals surface area contributed by atoms with Crippen LogP contribution in [0, 0.1) is 5.92 Å². The van der Waals surface area contributed by atoms with Crippen LogP contribution in [0.4, 0.5) is 5.69 Å². The Morgan fingerprint density at radius 3 is 2.62 bits per heavy atom. The minimum absolute atomic E-state index is 0.0327. The van der Waals surface area contributed by atoms with E-state index in [1.807, 2.05) is 12.1 Å². The van der Waals surface area contributed by atoms with Gasteiger partial charge in [-0.15, -0.1) is 0 Å². The van der Waals surface area contributed by atoms with Crippen LogP contribution in [0.25, 0.3) is 0 Å². The first-order valence-corrected chi connectivity index (χ1v) is 7.94. The zero-order chi connectivity index (χ0) is 15.2. The minimum atomic E-state index is -0.0327. The van der Waals surface area contributed by atoms with Crippen molar-refractivity contribution in [3.05, 3.63) is 29.8 Å². The molecule has 1 aliphatic rings. The normalized spacial score (nSPS) is 21.7. The van der Waals surface area contributed by atoms with Gasteiger partial charge in [-0.05, 0) is 49.5 Å². The van der Waals surface area contributed by atoms with Crippen LogP contribution in [0.2, 0.25) is 0 Å². The van der Waals surface area contributed by atoms with Gasteiger partial charge in [-0.1, -0.05) is 25.5 Å². The van der Waals surface area contributed by atoms with E-state index < -0.39 is 0 Å². The van der Waals surface area contributed by atoms with E-state index in [0.29, 0.717) is 12.0 Å². The molecule has 4 heteroatoms. The van der Waals surface area contributed by atoms with Crippen molar-refractivity contribution >= 4 is 11.6 Å². The molecular weight excluding hydrogens is 262 g/mol. The van der Waals surface area contributed by atoms with Crippen LogP contribution in [0.3, 0.4) is 0 Å². The lowest BCUT2D eigenvalue weighted by molar-refractivity contribution is -0.114. The molecule has 2 rings (SSSR count). The molecule has 0 spiro atoms. The molecule has 4 nitrogen and oxygen atoms in total. The van der Waals surface area contributed by atoms with E-state index >= 15 is 0 Å². The summed E-state index contributed by atoms with van der Waals surface area (Å²) in [6, 6.07) is 8.76. The second-order valence-corrected chi connectivity index (χ2v) is 5.94. The van der Waals surface area contributed by atoms with Crippen molar-refractivity contribution in [1.29, 1.82) is 0 Å². The number of amides is 1. The molecule has 0 bridgehead atoms. The van der Waals surface area contributed by atoms with Crippen LogP contribution >= 0.6 is 0 Å². The smallest absolute Gasteiger partial charge is 0.221 e. The van der Waals surface area contributed by atoms with E-state index in [1.54, 1.807) is 0 Å². The molecule has 1 amide bonds. The lowest BCUT2D eigenvalue weighted by Gasteiger charge is -2.31. The zero-order valence-corrected chi connectivity index (χ0v) is 13.1. The molecule has 2 unspecified atom stereocenters. The highest BCUT2D eigenvalue weighted by molar-refractivity contribution is 5.88. The molecule has 0 radical (unpaired) electrons. The van der Waals surface area contributed by atoms with E-state index in [-0.39, 0.29) is 5.91 Å².